The van der Waals surface area contributed by atoms with Gasteiger partial charge in [0.2, 0.25) is 0 Å². The van der Waals surface area contributed by atoms with E-state index in [1.165, 1.54) is 6.26 Å². The molecule has 0 spiro atoms. The summed E-state index contributed by atoms with van der Waals surface area (Å²) in [5.74, 6) is -1.70. The first-order valence-electron chi connectivity index (χ1n) is 9.83. The van der Waals surface area contributed by atoms with Crippen LogP contribution < -0.4 is 5.32 Å². The number of carbonyl (C=O) groups excluding carboxylic acids is 2. The van der Waals surface area contributed by atoms with E-state index in [0.29, 0.717) is 19.3 Å². The molecule has 1 aliphatic carbocycles. The van der Waals surface area contributed by atoms with E-state index in [4.69, 9.17) is 9.52 Å². The van der Waals surface area contributed by atoms with Crippen molar-refractivity contribution in [2.45, 2.75) is 70.0 Å². The van der Waals surface area contributed by atoms with E-state index in [0.717, 1.165) is 19.3 Å². The second-order valence-electron chi connectivity index (χ2n) is 7.41. The van der Waals surface area contributed by atoms with Crippen LogP contribution >= 0.6 is 0 Å². The standard InChI is InChI=1S/C20H29NO7/c22-15(20(27)21-18-7-5-11-28-18)10-9-14-13(16(23)12-17(14)24)6-3-1-2-4-8-19(25)26/h5,7,11,13-16,22-23H,1-4,6,8-10,12H2,(H,21,27)(H,25,26)/t13-,14?,15?,16+/m1/s1. The second-order valence-corrected chi connectivity index (χ2v) is 7.41. The fraction of sp³-hybridized carbons (Fsp3) is 0.650. The summed E-state index contributed by atoms with van der Waals surface area (Å²) in [7, 11) is 0. The number of nitrogens with one attached hydrogen (secondary N) is 1. The van der Waals surface area contributed by atoms with Gasteiger partial charge in [-0.1, -0.05) is 19.3 Å². The number of ketones is 1. The average molecular weight is 395 g/mol. The summed E-state index contributed by atoms with van der Waals surface area (Å²) >= 11 is 0. The number of furan rings is 1. The summed E-state index contributed by atoms with van der Waals surface area (Å²) in [5, 5.41) is 31.3. The van der Waals surface area contributed by atoms with Crippen molar-refractivity contribution in [3.63, 3.8) is 0 Å². The lowest BCUT2D eigenvalue weighted by atomic mass is 9.85. The number of anilines is 1. The fourth-order valence-electron chi connectivity index (χ4n) is 3.82. The molecule has 1 saturated carbocycles. The Morgan fingerprint density at radius 1 is 1.21 bits per heavy atom. The molecule has 1 fully saturated rings. The van der Waals surface area contributed by atoms with Crippen molar-refractivity contribution in [3.8, 4) is 0 Å². The largest absolute Gasteiger partial charge is 0.481 e. The third-order valence-corrected chi connectivity index (χ3v) is 5.33. The normalized spacial score (nSPS) is 22.9. The molecule has 1 aliphatic rings. The molecular formula is C20H29NO7. The molecule has 28 heavy (non-hydrogen) atoms. The lowest BCUT2D eigenvalue weighted by Gasteiger charge is -2.21. The highest BCUT2D eigenvalue weighted by Gasteiger charge is 2.41. The van der Waals surface area contributed by atoms with Gasteiger partial charge in [0.1, 0.15) is 11.9 Å². The molecule has 1 aromatic heterocycles. The third kappa shape index (κ3) is 6.76. The number of carboxylic acids is 1. The van der Waals surface area contributed by atoms with E-state index in [1.807, 2.05) is 0 Å². The summed E-state index contributed by atoms with van der Waals surface area (Å²) in [5.41, 5.74) is 0. The van der Waals surface area contributed by atoms with Gasteiger partial charge in [-0.25, -0.2) is 0 Å². The van der Waals surface area contributed by atoms with E-state index in [2.05, 4.69) is 5.32 Å². The van der Waals surface area contributed by atoms with E-state index >= 15 is 0 Å². The first-order chi connectivity index (χ1) is 13.4. The number of unbranched alkanes of at least 4 members (excludes halogenated alkanes) is 3. The Bertz CT molecular complexity index is 643. The lowest BCUT2D eigenvalue weighted by molar-refractivity contribution is -0.137. The molecular weight excluding hydrogens is 366 g/mol. The smallest absolute Gasteiger partial charge is 0.303 e. The summed E-state index contributed by atoms with van der Waals surface area (Å²) < 4.78 is 5.00. The van der Waals surface area contributed by atoms with Gasteiger partial charge in [0.05, 0.1) is 12.4 Å². The summed E-state index contributed by atoms with van der Waals surface area (Å²) in [6.45, 7) is 0. The zero-order chi connectivity index (χ0) is 20.5. The van der Waals surface area contributed by atoms with Crippen molar-refractivity contribution < 1.29 is 34.1 Å². The maximum atomic E-state index is 12.2. The third-order valence-electron chi connectivity index (χ3n) is 5.33. The fourth-order valence-corrected chi connectivity index (χ4v) is 3.82. The van der Waals surface area contributed by atoms with E-state index in [9.17, 15) is 24.6 Å². The van der Waals surface area contributed by atoms with Gasteiger partial charge in [-0.15, -0.1) is 0 Å². The van der Waals surface area contributed by atoms with Crippen molar-refractivity contribution in [3.05, 3.63) is 18.4 Å². The molecule has 0 aromatic carbocycles. The van der Waals surface area contributed by atoms with Crippen molar-refractivity contribution in [1.82, 2.24) is 0 Å². The number of aliphatic hydroxyl groups excluding tert-OH is 2. The van der Waals surface area contributed by atoms with Gasteiger partial charge in [-0.3, -0.25) is 19.7 Å². The van der Waals surface area contributed by atoms with E-state index in [-0.39, 0.29) is 42.8 Å². The van der Waals surface area contributed by atoms with Crippen LogP contribution in [0.4, 0.5) is 5.88 Å². The maximum Gasteiger partial charge on any atom is 0.303 e. The topological polar surface area (TPSA) is 137 Å². The number of hydrogen-bond acceptors (Lipinski definition) is 6. The Kier molecular flexibility index (Phi) is 8.66. The lowest BCUT2D eigenvalue weighted by Crippen LogP contribution is -2.29. The van der Waals surface area contributed by atoms with Gasteiger partial charge < -0.3 is 19.7 Å². The summed E-state index contributed by atoms with van der Waals surface area (Å²) in [6.07, 6.45) is 3.98. The molecule has 1 aromatic rings. The Labute approximate surface area is 163 Å². The predicted molar refractivity (Wildman–Crippen MR) is 101 cm³/mol. The zero-order valence-electron chi connectivity index (χ0n) is 15.9. The molecule has 2 unspecified atom stereocenters. The van der Waals surface area contributed by atoms with Crippen LogP contribution in [0.2, 0.25) is 0 Å². The van der Waals surface area contributed by atoms with Crippen LogP contribution in [-0.2, 0) is 14.4 Å². The minimum Gasteiger partial charge on any atom is -0.481 e. The van der Waals surface area contributed by atoms with Crippen LogP contribution in [0.3, 0.4) is 0 Å². The SMILES string of the molecule is O=C(O)CCCCCC[C@@H]1C(CCC(O)C(=O)Nc2ccco2)C(=O)C[C@@H]1O. The van der Waals surface area contributed by atoms with Crippen molar-refractivity contribution in [2.75, 3.05) is 5.32 Å². The maximum absolute atomic E-state index is 12.2. The second kappa shape index (κ2) is 11.0. The first kappa shape index (κ1) is 22.1. The molecule has 156 valence electrons. The number of aliphatic carboxylic acids is 1. The first-order valence-corrected chi connectivity index (χ1v) is 9.83. The van der Waals surface area contributed by atoms with Crippen LogP contribution in [0.15, 0.2) is 22.8 Å². The quantitative estimate of drug-likeness (QED) is 0.399. The number of Topliss-reactive ketones (excluding diaryl/α,β-unsaturated/α-hetero) is 1. The van der Waals surface area contributed by atoms with Gasteiger partial charge in [-0.05, 0) is 37.7 Å². The molecule has 1 amide bonds. The number of hydrogen-bond donors (Lipinski definition) is 4. The van der Waals surface area contributed by atoms with Gasteiger partial charge >= 0.3 is 5.97 Å². The van der Waals surface area contributed by atoms with Gasteiger partial charge in [0, 0.05) is 24.8 Å². The summed E-state index contributed by atoms with van der Waals surface area (Å²) in [4.78, 5) is 34.7. The van der Waals surface area contributed by atoms with Crippen LogP contribution in [0.5, 0.6) is 0 Å². The highest BCUT2D eigenvalue weighted by Crippen LogP contribution is 2.36. The Hall–Kier alpha value is -2.19. The van der Waals surface area contributed by atoms with E-state index < -0.39 is 24.1 Å². The number of carboxylic acid groups (broad SMARTS) is 1. The van der Waals surface area contributed by atoms with Crippen LogP contribution in [0.1, 0.15) is 57.8 Å². The molecule has 0 aliphatic heterocycles. The highest BCUT2D eigenvalue weighted by atomic mass is 16.4. The molecule has 0 radical (unpaired) electrons. The summed E-state index contributed by atoms with van der Waals surface area (Å²) in [6, 6.07) is 3.18. The molecule has 8 nitrogen and oxygen atoms in total. The van der Waals surface area contributed by atoms with Crippen LogP contribution in [0.25, 0.3) is 0 Å². The molecule has 4 N–H and O–H groups in total. The Morgan fingerprint density at radius 3 is 2.64 bits per heavy atom. The van der Waals surface area contributed by atoms with Crippen molar-refractivity contribution >= 4 is 23.5 Å². The number of rotatable bonds is 12. The highest BCUT2D eigenvalue weighted by molar-refractivity contribution is 5.92. The van der Waals surface area contributed by atoms with Crippen LogP contribution in [0, 0.1) is 11.8 Å². The molecule has 4 atom stereocenters. The zero-order valence-corrected chi connectivity index (χ0v) is 15.9. The molecule has 1 heterocycles. The van der Waals surface area contributed by atoms with Gasteiger partial charge in [0.25, 0.3) is 5.91 Å². The molecule has 8 heteroatoms. The number of carbonyl (C=O) groups is 3. The predicted octanol–water partition coefficient (Wildman–Crippen LogP) is 2.35. The number of aliphatic hydroxyl groups is 2. The monoisotopic (exact) mass is 395 g/mol. The molecule has 2 rings (SSSR count). The molecule has 0 saturated heterocycles. The van der Waals surface area contributed by atoms with Crippen molar-refractivity contribution in [2.24, 2.45) is 11.8 Å². The minimum absolute atomic E-state index is 0.0259. The Morgan fingerprint density at radius 2 is 1.96 bits per heavy atom. The van der Waals surface area contributed by atoms with Gasteiger partial charge in [0.15, 0.2) is 5.88 Å². The van der Waals surface area contributed by atoms with E-state index in [1.54, 1.807) is 12.1 Å². The minimum atomic E-state index is -1.26. The van der Waals surface area contributed by atoms with Gasteiger partial charge in [-0.2, -0.15) is 0 Å². The number of amides is 1. The van der Waals surface area contributed by atoms with Crippen molar-refractivity contribution in [1.29, 1.82) is 0 Å². The average Bonchev–Trinajstić information content (AvgIpc) is 3.23. The molecule has 0 bridgehead atoms. The Balaban J connectivity index is 1.75. The van der Waals surface area contributed by atoms with Crippen LogP contribution in [-0.4, -0.2) is 45.2 Å².